The number of amides is 2. The van der Waals surface area contributed by atoms with E-state index in [1.165, 1.54) is 4.88 Å². The van der Waals surface area contributed by atoms with Crippen molar-refractivity contribution in [3.8, 4) is 0 Å². The highest BCUT2D eigenvalue weighted by Gasteiger charge is 2.21. The first kappa shape index (κ1) is 16.9. The molecule has 0 aliphatic carbocycles. The van der Waals surface area contributed by atoms with Gasteiger partial charge in [0.25, 0.3) is 0 Å². The standard InChI is InChI=1S/C17H23N5OS/c1-13-16(20-14(2)24-13)11-19-17(23)22-9-7-21(8-10-22)12-15-5-3-4-6-18-15/h3-6H,7-12H2,1-2H3,(H,19,23). The number of nitrogens with zero attached hydrogens (tertiary/aromatic N) is 4. The summed E-state index contributed by atoms with van der Waals surface area (Å²) in [6, 6.07) is 5.97. The minimum atomic E-state index is -0.00228. The maximum atomic E-state index is 12.3. The van der Waals surface area contributed by atoms with E-state index in [-0.39, 0.29) is 6.03 Å². The number of hydrogen-bond donors (Lipinski definition) is 1. The molecule has 0 atom stereocenters. The Morgan fingerprint density at radius 1 is 1.25 bits per heavy atom. The molecule has 0 aromatic carbocycles. The third-order valence-electron chi connectivity index (χ3n) is 4.18. The van der Waals surface area contributed by atoms with Gasteiger partial charge in [-0.15, -0.1) is 11.3 Å². The fourth-order valence-electron chi connectivity index (χ4n) is 2.84. The van der Waals surface area contributed by atoms with Gasteiger partial charge in [-0.3, -0.25) is 9.88 Å². The van der Waals surface area contributed by atoms with Crippen LogP contribution in [0.2, 0.25) is 0 Å². The number of piperazine rings is 1. The van der Waals surface area contributed by atoms with Crippen LogP contribution in [0.3, 0.4) is 0 Å². The summed E-state index contributed by atoms with van der Waals surface area (Å²) in [5.41, 5.74) is 2.05. The van der Waals surface area contributed by atoms with Crippen molar-refractivity contribution >= 4 is 17.4 Å². The monoisotopic (exact) mass is 345 g/mol. The maximum Gasteiger partial charge on any atom is 0.317 e. The van der Waals surface area contributed by atoms with Gasteiger partial charge in [0.15, 0.2) is 0 Å². The first-order valence-corrected chi connectivity index (χ1v) is 9.01. The fraction of sp³-hybridized carbons (Fsp3) is 0.471. The van der Waals surface area contributed by atoms with Crippen LogP contribution in [0, 0.1) is 13.8 Å². The van der Waals surface area contributed by atoms with Gasteiger partial charge in [0, 0.05) is 43.8 Å². The lowest BCUT2D eigenvalue weighted by atomic mass is 10.3. The molecule has 0 saturated carbocycles. The van der Waals surface area contributed by atoms with Crippen molar-refractivity contribution in [3.63, 3.8) is 0 Å². The molecule has 0 spiro atoms. The number of rotatable bonds is 4. The molecule has 0 bridgehead atoms. The van der Waals surface area contributed by atoms with E-state index in [0.717, 1.165) is 49.1 Å². The molecule has 1 fully saturated rings. The van der Waals surface area contributed by atoms with E-state index in [0.29, 0.717) is 6.54 Å². The second kappa shape index (κ2) is 7.72. The molecule has 2 aromatic rings. The summed E-state index contributed by atoms with van der Waals surface area (Å²) in [5, 5.41) is 4.03. The number of pyridine rings is 1. The van der Waals surface area contributed by atoms with Crippen molar-refractivity contribution in [1.29, 1.82) is 0 Å². The van der Waals surface area contributed by atoms with Gasteiger partial charge in [-0.05, 0) is 26.0 Å². The van der Waals surface area contributed by atoms with Crippen LogP contribution < -0.4 is 5.32 Å². The Bertz CT molecular complexity index is 680. The highest BCUT2D eigenvalue weighted by atomic mass is 32.1. The van der Waals surface area contributed by atoms with Crippen molar-refractivity contribution in [3.05, 3.63) is 45.7 Å². The summed E-state index contributed by atoms with van der Waals surface area (Å²) in [4.78, 5) is 26.5. The van der Waals surface area contributed by atoms with Crippen LogP contribution in [0.5, 0.6) is 0 Å². The Kier molecular flexibility index (Phi) is 5.42. The molecule has 2 aromatic heterocycles. The fourth-order valence-corrected chi connectivity index (χ4v) is 3.67. The molecule has 128 valence electrons. The topological polar surface area (TPSA) is 61.4 Å². The molecule has 1 aliphatic heterocycles. The van der Waals surface area contributed by atoms with Gasteiger partial charge in [0.2, 0.25) is 0 Å². The SMILES string of the molecule is Cc1nc(CNC(=O)N2CCN(Cc3ccccn3)CC2)c(C)s1. The molecular weight excluding hydrogens is 322 g/mol. The summed E-state index contributed by atoms with van der Waals surface area (Å²) in [5.74, 6) is 0. The van der Waals surface area contributed by atoms with Crippen LogP contribution in [-0.4, -0.2) is 52.0 Å². The molecule has 3 rings (SSSR count). The zero-order valence-electron chi connectivity index (χ0n) is 14.2. The molecule has 2 amide bonds. The minimum Gasteiger partial charge on any atom is -0.332 e. The predicted molar refractivity (Wildman–Crippen MR) is 94.9 cm³/mol. The number of hydrogen-bond acceptors (Lipinski definition) is 5. The van der Waals surface area contributed by atoms with E-state index in [1.54, 1.807) is 11.3 Å². The molecule has 6 nitrogen and oxygen atoms in total. The van der Waals surface area contributed by atoms with Crippen molar-refractivity contribution in [2.24, 2.45) is 0 Å². The van der Waals surface area contributed by atoms with Crippen molar-refractivity contribution in [2.75, 3.05) is 26.2 Å². The number of carbonyl (C=O) groups excluding carboxylic acids is 1. The molecule has 1 saturated heterocycles. The zero-order chi connectivity index (χ0) is 16.9. The van der Waals surface area contributed by atoms with E-state index in [1.807, 2.05) is 43.1 Å². The highest BCUT2D eigenvalue weighted by Crippen LogP contribution is 2.16. The summed E-state index contributed by atoms with van der Waals surface area (Å²) >= 11 is 1.67. The second-order valence-corrected chi connectivity index (χ2v) is 7.39. The number of aromatic nitrogens is 2. The highest BCUT2D eigenvalue weighted by molar-refractivity contribution is 7.11. The second-order valence-electron chi connectivity index (χ2n) is 5.98. The van der Waals surface area contributed by atoms with Gasteiger partial charge < -0.3 is 10.2 Å². The average Bonchev–Trinajstić information content (AvgIpc) is 2.92. The first-order chi connectivity index (χ1) is 11.6. The van der Waals surface area contributed by atoms with Crippen LogP contribution in [0.1, 0.15) is 21.3 Å². The Labute approximate surface area is 146 Å². The van der Waals surface area contributed by atoms with Crippen LogP contribution in [0.4, 0.5) is 4.79 Å². The molecule has 1 N–H and O–H groups in total. The Balaban J connectivity index is 1.44. The number of urea groups is 1. The molecule has 7 heteroatoms. The molecule has 24 heavy (non-hydrogen) atoms. The minimum absolute atomic E-state index is 0.00228. The van der Waals surface area contributed by atoms with Crippen LogP contribution in [-0.2, 0) is 13.1 Å². The van der Waals surface area contributed by atoms with E-state index < -0.39 is 0 Å². The third kappa shape index (κ3) is 4.30. The van der Waals surface area contributed by atoms with Crippen molar-refractivity contribution in [2.45, 2.75) is 26.9 Å². The molecule has 0 radical (unpaired) electrons. The Morgan fingerprint density at radius 2 is 2.04 bits per heavy atom. The van der Waals surface area contributed by atoms with Gasteiger partial charge in [0.1, 0.15) is 0 Å². The Hall–Kier alpha value is -1.99. The molecular formula is C17H23N5OS. The first-order valence-electron chi connectivity index (χ1n) is 8.20. The Morgan fingerprint density at radius 3 is 2.67 bits per heavy atom. The average molecular weight is 345 g/mol. The van der Waals surface area contributed by atoms with Crippen LogP contribution >= 0.6 is 11.3 Å². The van der Waals surface area contributed by atoms with E-state index >= 15 is 0 Å². The largest absolute Gasteiger partial charge is 0.332 e. The lowest BCUT2D eigenvalue weighted by molar-refractivity contribution is 0.134. The number of aryl methyl sites for hydroxylation is 2. The summed E-state index contributed by atoms with van der Waals surface area (Å²) < 4.78 is 0. The third-order valence-corrected chi connectivity index (χ3v) is 5.11. The normalized spacial score (nSPS) is 15.5. The van der Waals surface area contributed by atoms with Gasteiger partial charge in [-0.25, -0.2) is 9.78 Å². The predicted octanol–water partition coefficient (Wildman–Crippen LogP) is 2.18. The van der Waals surface area contributed by atoms with Crippen molar-refractivity contribution in [1.82, 2.24) is 25.1 Å². The summed E-state index contributed by atoms with van der Waals surface area (Å²) in [7, 11) is 0. The zero-order valence-corrected chi connectivity index (χ0v) is 15.0. The molecule has 3 heterocycles. The van der Waals surface area contributed by atoms with Crippen LogP contribution in [0.15, 0.2) is 24.4 Å². The number of nitrogens with one attached hydrogen (secondary N) is 1. The van der Waals surface area contributed by atoms with Crippen LogP contribution in [0.25, 0.3) is 0 Å². The smallest absolute Gasteiger partial charge is 0.317 e. The van der Waals surface area contributed by atoms with E-state index in [9.17, 15) is 4.79 Å². The van der Waals surface area contributed by atoms with Gasteiger partial charge in [-0.1, -0.05) is 6.07 Å². The van der Waals surface area contributed by atoms with Gasteiger partial charge in [-0.2, -0.15) is 0 Å². The molecule has 0 unspecified atom stereocenters. The van der Waals surface area contributed by atoms with E-state index in [4.69, 9.17) is 0 Å². The van der Waals surface area contributed by atoms with Crippen molar-refractivity contribution < 1.29 is 4.79 Å². The number of thiazole rings is 1. The van der Waals surface area contributed by atoms with Gasteiger partial charge in [0.05, 0.1) is 22.9 Å². The summed E-state index contributed by atoms with van der Waals surface area (Å²) in [6.07, 6.45) is 1.82. The lowest BCUT2D eigenvalue weighted by Gasteiger charge is -2.34. The van der Waals surface area contributed by atoms with E-state index in [2.05, 4.69) is 20.2 Å². The summed E-state index contributed by atoms with van der Waals surface area (Å²) in [6.45, 7) is 8.61. The quantitative estimate of drug-likeness (QED) is 0.923. The number of carbonyl (C=O) groups is 1. The lowest BCUT2D eigenvalue weighted by Crippen LogP contribution is -2.51. The maximum absolute atomic E-state index is 12.3. The van der Waals surface area contributed by atoms with Gasteiger partial charge >= 0.3 is 6.03 Å². The molecule has 1 aliphatic rings.